The van der Waals surface area contributed by atoms with Gasteiger partial charge in [0.25, 0.3) is 0 Å². The maximum atomic E-state index is 12.8. The third-order valence-corrected chi connectivity index (χ3v) is 10.6. The summed E-state index contributed by atoms with van der Waals surface area (Å²) < 4.78 is 12.2. The molecule has 3 heterocycles. The van der Waals surface area contributed by atoms with Crippen LogP contribution in [0, 0.1) is 12.3 Å². The molecule has 0 aromatic heterocycles. The largest absolute Gasteiger partial charge is 0.387 e. The molecular weight excluding hydrogens is 612 g/mol. The summed E-state index contributed by atoms with van der Waals surface area (Å²) >= 11 is 0. The van der Waals surface area contributed by atoms with Gasteiger partial charge in [-0.3, -0.25) is 9.59 Å². The number of amides is 1. The van der Waals surface area contributed by atoms with Crippen molar-refractivity contribution in [3.05, 3.63) is 70.3 Å². The lowest BCUT2D eigenvalue weighted by atomic mass is 9.75. The molecule has 3 aliphatic heterocycles. The number of carbonyl (C=O) groups excluding carboxylic acids is 2. The molecule has 5 atom stereocenters. The van der Waals surface area contributed by atoms with E-state index in [9.17, 15) is 30.0 Å². The molecule has 0 unspecified atom stereocenters. The topological polar surface area (TPSA) is 149 Å². The molecule has 264 valence electrons. The molecular formula is C38H54N2O8. The first-order valence-electron chi connectivity index (χ1n) is 17.4. The van der Waals surface area contributed by atoms with E-state index >= 15 is 0 Å². The normalized spacial score (nSPS) is 27.7. The molecule has 3 fully saturated rings. The minimum absolute atomic E-state index is 0.0668. The van der Waals surface area contributed by atoms with Crippen molar-refractivity contribution in [3.63, 3.8) is 0 Å². The van der Waals surface area contributed by atoms with Crippen LogP contribution in [0.4, 0.5) is 0 Å². The number of likely N-dealkylation sites (tertiary alicyclic amines) is 1. The second-order valence-electron chi connectivity index (χ2n) is 15.3. The fraction of sp³-hybridized carbons (Fsp3) is 0.632. The van der Waals surface area contributed by atoms with Gasteiger partial charge >= 0.3 is 0 Å². The van der Waals surface area contributed by atoms with E-state index in [-0.39, 0.29) is 24.7 Å². The van der Waals surface area contributed by atoms with Crippen LogP contribution in [-0.2, 0) is 37.7 Å². The highest BCUT2D eigenvalue weighted by atomic mass is 16.8. The van der Waals surface area contributed by atoms with Crippen molar-refractivity contribution in [2.75, 3.05) is 32.8 Å². The number of Topliss-reactive ketones (excluding diaryl/α,β-unsaturated/α-hetero) is 1. The van der Waals surface area contributed by atoms with Crippen LogP contribution in [0.1, 0.15) is 87.6 Å². The fourth-order valence-corrected chi connectivity index (χ4v) is 7.33. The average Bonchev–Trinajstić information content (AvgIpc) is 3.69. The summed E-state index contributed by atoms with van der Waals surface area (Å²) in [6.07, 6.45) is 0.471. The monoisotopic (exact) mass is 666 g/mol. The van der Waals surface area contributed by atoms with E-state index in [4.69, 9.17) is 9.47 Å². The van der Waals surface area contributed by atoms with Gasteiger partial charge in [0, 0.05) is 31.5 Å². The van der Waals surface area contributed by atoms with Crippen molar-refractivity contribution in [1.29, 1.82) is 0 Å². The highest BCUT2D eigenvalue weighted by molar-refractivity contribution is 5.89. The van der Waals surface area contributed by atoms with E-state index in [2.05, 4.69) is 34.5 Å². The Morgan fingerprint density at radius 1 is 0.979 bits per heavy atom. The van der Waals surface area contributed by atoms with Gasteiger partial charge in [-0.1, -0.05) is 50.2 Å². The molecule has 2 aromatic carbocycles. The van der Waals surface area contributed by atoms with Crippen LogP contribution < -0.4 is 5.32 Å². The van der Waals surface area contributed by atoms with Gasteiger partial charge < -0.3 is 40.1 Å². The number of hydrogen-bond donors (Lipinski definition) is 5. The van der Waals surface area contributed by atoms with Crippen molar-refractivity contribution < 1.29 is 39.5 Å². The first-order chi connectivity index (χ1) is 22.6. The molecule has 0 aliphatic carbocycles. The molecule has 1 amide bonds. The number of nitrogens with one attached hydrogen (secondary N) is 1. The molecule has 3 aliphatic rings. The third kappa shape index (κ3) is 7.40. The molecule has 0 saturated carbocycles. The van der Waals surface area contributed by atoms with Crippen LogP contribution >= 0.6 is 0 Å². The minimum atomic E-state index is -1.74. The quantitative estimate of drug-likeness (QED) is 0.205. The second-order valence-corrected chi connectivity index (χ2v) is 15.3. The van der Waals surface area contributed by atoms with Crippen LogP contribution in [0.5, 0.6) is 0 Å². The van der Waals surface area contributed by atoms with Crippen molar-refractivity contribution in [1.82, 2.24) is 10.2 Å². The summed E-state index contributed by atoms with van der Waals surface area (Å²) in [7, 11) is 0. The minimum Gasteiger partial charge on any atom is -0.387 e. The van der Waals surface area contributed by atoms with Gasteiger partial charge in [-0.05, 0) is 94.3 Å². The van der Waals surface area contributed by atoms with Gasteiger partial charge in [0.2, 0.25) is 11.7 Å². The Hall–Kier alpha value is -2.70. The number of aliphatic hydroxyl groups is 4. The highest BCUT2D eigenvalue weighted by Crippen LogP contribution is 2.53. The van der Waals surface area contributed by atoms with Gasteiger partial charge in [0.15, 0.2) is 5.60 Å². The smallest absolute Gasteiger partial charge is 0.226 e. The summed E-state index contributed by atoms with van der Waals surface area (Å²) in [5.41, 5.74) is 0.793. The first-order valence-corrected chi connectivity index (χ1v) is 17.4. The van der Waals surface area contributed by atoms with E-state index < -0.39 is 40.7 Å². The number of nitrogens with zero attached hydrogens (tertiary/aromatic N) is 1. The van der Waals surface area contributed by atoms with Crippen LogP contribution in [0.15, 0.2) is 42.5 Å². The van der Waals surface area contributed by atoms with E-state index in [1.807, 2.05) is 32.9 Å². The summed E-state index contributed by atoms with van der Waals surface area (Å²) in [6, 6.07) is 13.8. The Labute approximate surface area is 284 Å². The molecule has 3 saturated heterocycles. The molecule has 0 radical (unpaired) electrons. The lowest BCUT2D eigenvalue weighted by Gasteiger charge is -2.50. The Balaban J connectivity index is 1.14. The van der Waals surface area contributed by atoms with Gasteiger partial charge in [0.05, 0.1) is 17.6 Å². The summed E-state index contributed by atoms with van der Waals surface area (Å²) in [4.78, 5) is 27.9. The molecule has 0 spiro atoms. The molecule has 2 bridgehead atoms. The van der Waals surface area contributed by atoms with Gasteiger partial charge in [-0.2, -0.15) is 0 Å². The zero-order valence-corrected chi connectivity index (χ0v) is 29.1. The summed E-state index contributed by atoms with van der Waals surface area (Å²) in [5, 5.41) is 46.5. The third-order valence-electron chi connectivity index (χ3n) is 10.6. The van der Waals surface area contributed by atoms with Crippen molar-refractivity contribution in [3.8, 4) is 0 Å². The number of benzene rings is 2. The Morgan fingerprint density at radius 3 is 2.31 bits per heavy atom. The van der Waals surface area contributed by atoms with Crippen LogP contribution in [0.2, 0.25) is 0 Å². The van der Waals surface area contributed by atoms with Crippen molar-refractivity contribution >= 4 is 11.7 Å². The van der Waals surface area contributed by atoms with E-state index in [0.29, 0.717) is 31.4 Å². The molecule has 2 aromatic rings. The van der Waals surface area contributed by atoms with Crippen LogP contribution in [0.25, 0.3) is 0 Å². The van der Waals surface area contributed by atoms with Crippen LogP contribution in [0.3, 0.4) is 0 Å². The predicted molar refractivity (Wildman–Crippen MR) is 181 cm³/mol. The number of rotatable bonds is 14. The Kier molecular flexibility index (Phi) is 10.9. The highest BCUT2D eigenvalue weighted by Gasteiger charge is 2.71. The van der Waals surface area contributed by atoms with Gasteiger partial charge in [0.1, 0.15) is 24.1 Å². The molecule has 10 nitrogen and oxygen atoms in total. The standard InChI is InChI=1S/C38H54N2O8/c1-25-11-16-29(38-33(44)31(42)32(43)37(48-38,24-47-38)36(4,5)46)22-28(25)21-27-14-12-26(13-15-27)9-8-10-30(41)23-35(2,3)34(45)39-17-20-40-18-6-7-19-40/h11-16,22,31-33,42-44,46H,6-10,17-21,23-24H2,1-5H3,(H,39,45)/t31-,32-,33+,37-,38-/m0/s1. The zero-order valence-electron chi connectivity index (χ0n) is 29.1. The SMILES string of the molecule is Cc1ccc([C@]23OC[C@](C(C)(C)O)(O2)[C@@H](O)[C@H](O)[C@H]3O)cc1Cc1ccc(CCCC(=O)CC(C)(C)C(=O)NCCN2CCCC2)cc1. The maximum Gasteiger partial charge on any atom is 0.226 e. The number of carbonyl (C=O) groups is 2. The van der Waals surface area contributed by atoms with Crippen LogP contribution in [-0.4, -0.2) is 99.3 Å². The molecule has 48 heavy (non-hydrogen) atoms. The van der Waals surface area contributed by atoms with E-state index in [0.717, 1.165) is 48.3 Å². The molecule has 5 rings (SSSR count). The predicted octanol–water partition coefficient (Wildman–Crippen LogP) is 2.91. The maximum absolute atomic E-state index is 12.8. The van der Waals surface area contributed by atoms with Crippen molar-refractivity contribution in [2.45, 2.75) is 115 Å². The Bertz CT molecular complexity index is 1450. The van der Waals surface area contributed by atoms with E-state index in [1.54, 1.807) is 6.07 Å². The number of ketones is 1. The first kappa shape index (κ1) is 36.6. The van der Waals surface area contributed by atoms with Gasteiger partial charge in [-0.25, -0.2) is 0 Å². The second kappa shape index (κ2) is 14.3. The van der Waals surface area contributed by atoms with Gasteiger partial charge in [-0.15, -0.1) is 0 Å². The number of aryl methyl sites for hydroxylation is 2. The van der Waals surface area contributed by atoms with E-state index in [1.165, 1.54) is 26.7 Å². The summed E-state index contributed by atoms with van der Waals surface area (Å²) in [5.74, 6) is -1.71. The number of ether oxygens (including phenoxy) is 2. The fourth-order valence-electron chi connectivity index (χ4n) is 7.33. The number of hydrogen-bond acceptors (Lipinski definition) is 9. The molecule has 10 heteroatoms. The van der Waals surface area contributed by atoms with Crippen molar-refractivity contribution in [2.24, 2.45) is 5.41 Å². The Morgan fingerprint density at radius 2 is 1.65 bits per heavy atom. The molecule has 5 N–H and O–H groups in total. The number of fused-ring (bicyclic) bond motifs is 2. The zero-order chi connectivity index (χ0) is 34.9. The average molecular weight is 667 g/mol. The lowest BCUT2D eigenvalue weighted by Crippen LogP contribution is -2.70. The number of aliphatic hydroxyl groups excluding tert-OH is 3. The summed E-state index contributed by atoms with van der Waals surface area (Å²) in [6.45, 7) is 12.1. The lowest BCUT2D eigenvalue weighted by molar-refractivity contribution is -0.348.